The average molecular weight is 274 g/mol. The van der Waals surface area contributed by atoms with Crippen LogP contribution in [0.3, 0.4) is 0 Å². The molecule has 110 valence electrons. The molecular formula is C16H26N4. The first-order chi connectivity index (χ1) is 9.65. The number of hydrogen-bond acceptors (Lipinski definition) is 4. The first-order valence-electron chi connectivity index (χ1n) is 7.79. The summed E-state index contributed by atoms with van der Waals surface area (Å²) in [6.45, 7) is 7.67. The molecule has 1 aromatic heterocycles. The fourth-order valence-corrected chi connectivity index (χ4v) is 2.97. The van der Waals surface area contributed by atoms with E-state index in [1.807, 2.05) is 6.20 Å². The monoisotopic (exact) mass is 274 g/mol. The molecule has 2 heterocycles. The number of nitrogens with zero attached hydrogens (tertiary/aromatic N) is 3. The Labute approximate surface area is 122 Å². The molecule has 1 saturated heterocycles. The van der Waals surface area contributed by atoms with E-state index >= 15 is 0 Å². The topological polar surface area (TPSA) is 31.4 Å². The highest BCUT2D eigenvalue weighted by molar-refractivity contribution is 5.47. The van der Waals surface area contributed by atoms with Gasteiger partial charge in [-0.2, -0.15) is 0 Å². The summed E-state index contributed by atoms with van der Waals surface area (Å²) < 4.78 is 0. The van der Waals surface area contributed by atoms with Crippen LogP contribution in [0.2, 0.25) is 0 Å². The van der Waals surface area contributed by atoms with Crippen molar-refractivity contribution in [1.29, 1.82) is 0 Å². The maximum atomic E-state index is 4.66. The molecule has 4 nitrogen and oxygen atoms in total. The summed E-state index contributed by atoms with van der Waals surface area (Å²) in [5.74, 6) is 1.17. The Morgan fingerprint density at radius 2 is 1.95 bits per heavy atom. The number of nitrogens with one attached hydrogen (secondary N) is 1. The Morgan fingerprint density at radius 1 is 1.25 bits per heavy atom. The van der Waals surface area contributed by atoms with Crippen LogP contribution in [0.15, 0.2) is 18.3 Å². The van der Waals surface area contributed by atoms with E-state index in [1.165, 1.54) is 24.2 Å². The van der Waals surface area contributed by atoms with Gasteiger partial charge in [0, 0.05) is 49.5 Å². The van der Waals surface area contributed by atoms with Crippen LogP contribution in [0.5, 0.6) is 0 Å². The molecule has 2 fully saturated rings. The van der Waals surface area contributed by atoms with Crippen LogP contribution in [0.1, 0.15) is 32.3 Å². The Kier molecular flexibility index (Phi) is 3.94. The molecule has 2 atom stereocenters. The van der Waals surface area contributed by atoms with E-state index < -0.39 is 0 Å². The summed E-state index contributed by atoms with van der Waals surface area (Å²) >= 11 is 0. The highest BCUT2D eigenvalue weighted by Crippen LogP contribution is 2.24. The van der Waals surface area contributed by atoms with Crippen molar-refractivity contribution in [2.45, 2.75) is 51.4 Å². The van der Waals surface area contributed by atoms with Crippen LogP contribution in [-0.2, 0) is 6.54 Å². The van der Waals surface area contributed by atoms with Gasteiger partial charge in [0.05, 0.1) is 0 Å². The van der Waals surface area contributed by atoms with E-state index in [2.05, 4.69) is 53.1 Å². The molecule has 4 heteroatoms. The smallest absolute Gasteiger partial charge is 0.133 e. The summed E-state index contributed by atoms with van der Waals surface area (Å²) in [6.07, 6.45) is 4.58. The van der Waals surface area contributed by atoms with Crippen LogP contribution in [0, 0.1) is 0 Å². The molecule has 1 saturated carbocycles. The second-order valence-corrected chi connectivity index (χ2v) is 6.41. The van der Waals surface area contributed by atoms with Crippen molar-refractivity contribution in [3.63, 3.8) is 0 Å². The van der Waals surface area contributed by atoms with Gasteiger partial charge < -0.3 is 10.2 Å². The minimum absolute atomic E-state index is 0.574. The van der Waals surface area contributed by atoms with E-state index in [0.717, 1.165) is 25.7 Å². The van der Waals surface area contributed by atoms with Crippen molar-refractivity contribution >= 4 is 5.82 Å². The van der Waals surface area contributed by atoms with Crippen LogP contribution in [0.4, 0.5) is 5.82 Å². The number of pyridine rings is 1. The largest absolute Gasteiger partial charge is 0.353 e. The Morgan fingerprint density at radius 3 is 2.60 bits per heavy atom. The van der Waals surface area contributed by atoms with Crippen LogP contribution >= 0.6 is 0 Å². The highest BCUT2D eigenvalue weighted by atomic mass is 15.3. The lowest BCUT2D eigenvalue weighted by Gasteiger charge is -2.43. The standard InChI is InChI=1S/C16H26N4/c1-12-10-20(11-13(2)19(12)3)16-14(5-4-8-17-16)9-18-15-6-7-15/h4-5,8,12-13,15,18H,6-7,9-11H2,1-3H3. The average Bonchev–Trinajstić information content (AvgIpc) is 3.26. The lowest BCUT2D eigenvalue weighted by Crippen LogP contribution is -2.55. The third-order valence-electron chi connectivity index (χ3n) is 4.69. The lowest BCUT2D eigenvalue weighted by atomic mass is 10.1. The zero-order valence-electron chi connectivity index (χ0n) is 12.8. The molecule has 1 N–H and O–H groups in total. The van der Waals surface area contributed by atoms with Crippen LogP contribution in [0.25, 0.3) is 0 Å². The quantitative estimate of drug-likeness (QED) is 0.908. The summed E-state index contributed by atoms with van der Waals surface area (Å²) in [5.41, 5.74) is 1.34. The molecule has 0 radical (unpaired) electrons. The normalized spacial score (nSPS) is 27.9. The highest BCUT2D eigenvalue weighted by Gasteiger charge is 2.28. The van der Waals surface area contributed by atoms with Gasteiger partial charge in [-0.25, -0.2) is 4.98 Å². The van der Waals surface area contributed by atoms with Gasteiger partial charge in [0.15, 0.2) is 0 Å². The van der Waals surface area contributed by atoms with Crippen molar-refractivity contribution in [2.24, 2.45) is 0 Å². The molecular weight excluding hydrogens is 248 g/mol. The van der Waals surface area contributed by atoms with Gasteiger partial charge in [-0.05, 0) is 39.8 Å². The molecule has 0 spiro atoms. The summed E-state index contributed by atoms with van der Waals surface area (Å²) in [7, 11) is 2.22. The Bertz CT molecular complexity index is 446. The molecule has 1 aliphatic carbocycles. The van der Waals surface area contributed by atoms with E-state index in [0.29, 0.717) is 12.1 Å². The van der Waals surface area contributed by atoms with Crippen molar-refractivity contribution in [2.75, 3.05) is 25.0 Å². The number of anilines is 1. The molecule has 20 heavy (non-hydrogen) atoms. The van der Waals surface area contributed by atoms with Crippen molar-refractivity contribution in [3.8, 4) is 0 Å². The number of hydrogen-bond donors (Lipinski definition) is 1. The molecule has 0 aromatic carbocycles. The summed E-state index contributed by atoms with van der Waals surface area (Å²) in [6, 6.07) is 6.16. The number of piperazine rings is 1. The van der Waals surface area contributed by atoms with E-state index in [1.54, 1.807) is 0 Å². The minimum atomic E-state index is 0.574. The Hall–Kier alpha value is -1.13. The van der Waals surface area contributed by atoms with Crippen molar-refractivity contribution in [3.05, 3.63) is 23.9 Å². The fraction of sp³-hybridized carbons (Fsp3) is 0.688. The molecule has 1 aromatic rings. The molecule has 1 aliphatic heterocycles. The number of aromatic nitrogens is 1. The fourth-order valence-electron chi connectivity index (χ4n) is 2.97. The maximum Gasteiger partial charge on any atom is 0.133 e. The minimum Gasteiger partial charge on any atom is -0.353 e. The first-order valence-corrected chi connectivity index (χ1v) is 7.79. The van der Waals surface area contributed by atoms with Gasteiger partial charge in [0.2, 0.25) is 0 Å². The van der Waals surface area contributed by atoms with Gasteiger partial charge >= 0.3 is 0 Å². The predicted molar refractivity (Wildman–Crippen MR) is 83.0 cm³/mol. The van der Waals surface area contributed by atoms with Crippen LogP contribution in [-0.4, -0.2) is 48.1 Å². The molecule has 2 aliphatic rings. The first kappa shape index (κ1) is 13.8. The van der Waals surface area contributed by atoms with Gasteiger partial charge in [0.25, 0.3) is 0 Å². The van der Waals surface area contributed by atoms with Gasteiger partial charge in [-0.3, -0.25) is 4.90 Å². The zero-order chi connectivity index (χ0) is 14.1. The summed E-state index contributed by atoms with van der Waals surface area (Å²) in [4.78, 5) is 9.58. The molecule has 3 rings (SSSR count). The predicted octanol–water partition coefficient (Wildman–Crippen LogP) is 1.86. The SMILES string of the molecule is CC1CN(c2ncccc2CNC2CC2)CC(C)N1C. The van der Waals surface area contributed by atoms with E-state index in [4.69, 9.17) is 0 Å². The second kappa shape index (κ2) is 5.70. The van der Waals surface area contributed by atoms with Crippen molar-refractivity contribution in [1.82, 2.24) is 15.2 Å². The third-order valence-corrected chi connectivity index (χ3v) is 4.69. The van der Waals surface area contributed by atoms with E-state index in [-0.39, 0.29) is 0 Å². The van der Waals surface area contributed by atoms with Gasteiger partial charge in [0.1, 0.15) is 5.82 Å². The van der Waals surface area contributed by atoms with Gasteiger partial charge in [-0.1, -0.05) is 6.07 Å². The van der Waals surface area contributed by atoms with Crippen LogP contribution < -0.4 is 10.2 Å². The molecule has 0 amide bonds. The zero-order valence-corrected chi connectivity index (χ0v) is 12.8. The third kappa shape index (κ3) is 2.96. The van der Waals surface area contributed by atoms with E-state index in [9.17, 15) is 0 Å². The molecule has 0 bridgehead atoms. The lowest BCUT2D eigenvalue weighted by molar-refractivity contribution is 0.169. The summed E-state index contributed by atoms with van der Waals surface area (Å²) in [5, 5.41) is 3.61. The maximum absolute atomic E-state index is 4.66. The molecule has 2 unspecified atom stereocenters. The van der Waals surface area contributed by atoms with Gasteiger partial charge in [-0.15, -0.1) is 0 Å². The van der Waals surface area contributed by atoms with Crippen molar-refractivity contribution < 1.29 is 0 Å². The Balaban J connectivity index is 1.74. The number of likely N-dealkylation sites (N-methyl/N-ethyl adjacent to an activating group) is 1. The number of rotatable bonds is 4. The second-order valence-electron chi connectivity index (χ2n) is 6.41.